The van der Waals surface area contributed by atoms with Gasteiger partial charge in [0.1, 0.15) is 12.1 Å². The quantitative estimate of drug-likeness (QED) is 0.624. The summed E-state index contributed by atoms with van der Waals surface area (Å²) >= 11 is 12.0. The Hall–Kier alpha value is -2.78. The maximum Gasteiger partial charge on any atom is 0.573 e. The first kappa shape index (κ1) is 20.0. The number of carbonyl (C=O) groups excluding carboxylic acids is 1. The molecule has 0 spiro atoms. The summed E-state index contributed by atoms with van der Waals surface area (Å²) in [5.74, 6) is -0.842. The van der Waals surface area contributed by atoms with Crippen LogP contribution in [0, 0.1) is 0 Å². The zero-order chi connectivity index (χ0) is 20.3. The van der Waals surface area contributed by atoms with Crippen LogP contribution in [0.25, 0.3) is 10.9 Å². The van der Waals surface area contributed by atoms with Crippen LogP contribution in [0.2, 0.25) is 10.0 Å². The first-order valence-corrected chi connectivity index (χ1v) is 8.35. The fraction of sp³-hybridized carbons (Fsp3) is 0.118. The van der Waals surface area contributed by atoms with Gasteiger partial charge in [-0.25, -0.2) is 9.97 Å². The van der Waals surface area contributed by atoms with Gasteiger partial charge in [-0.15, -0.1) is 13.2 Å². The number of nitrogens with zero attached hydrogens (tertiary/aromatic N) is 2. The van der Waals surface area contributed by atoms with E-state index in [2.05, 4.69) is 20.0 Å². The average molecular weight is 432 g/mol. The van der Waals surface area contributed by atoms with Gasteiger partial charge in [0, 0.05) is 10.7 Å². The molecule has 0 fully saturated rings. The van der Waals surface area contributed by atoms with Crippen molar-refractivity contribution in [1.82, 2.24) is 9.97 Å². The highest BCUT2D eigenvalue weighted by Crippen LogP contribution is 2.30. The molecule has 1 heterocycles. The number of fused-ring (bicyclic) bond motifs is 1. The van der Waals surface area contributed by atoms with E-state index in [1.807, 2.05) is 0 Å². The van der Waals surface area contributed by atoms with Gasteiger partial charge in [0.2, 0.25) is 5.88 Å². The smallest absolute Gasteiger partial charge is 0.467 e. The Balaban J connectivity index is 1.64. The van der Waals surface area contributed by atoms with Gasteiger partial charge < -0.3 is 14.8 Å². The summed E-state index contributed by atoms with van der Waals surface area (Å²) in [6.45, 7) is -0.406. The van der Waals surface area contributed by atoms with Crippen molar-refractivity contribution in [3.63, 3.8) is 0 Å². The monoisotopic (exact) mass is 431 g/mol. The zero-order valence-corrected chi connectivity index (χ0v) is 15.3. The molecule has 0 bridgehead atoms. The number of hydrogen-bond donors (Lipinski definition) is 1. The molecule has 1 aromatic heterocycles. The van der Waals surface area contributed by atoms with Crippen LogP contribution in [0.5, 0.6) is 11.6 Å². The third-order valence-corrected chi connectivity index (χ3v) is 3.84. The summed E-state index contributed by atoms with van der Waals surface area (Å²) < 4.78 is 45.6. The molecule has 11 heteroatoms. The van der Waals surface area contributed by atoms with E-state index in [4.69, 9.17) is 27.9 Å². The summed E-state index contributed by atoms with van der Waals surface area (Å²) in [7, 11) is 0. The van der Waals surface area contributed by atoms with Crippen LogP contribution in [0.3, 0.4) is 0 Å². The van der Waals surface area contributed by atoms with E-state index in [-0.39, 0.29) is 11.6 Å². The minimum Gasteiger partial charge on any atom is -0.467 e. The Bertz CT molecular complexity index is 1010. The van der Waals surface area contributed by atoms with E-state index in [0.29, 0.717) is 20.9 Å². The van der Waals surface area contributed by atoms with Crippen LogP contribution >= 0.6 is 23.2 Å². The third kappa shape index (κ3) is 5.14. The third-order valence-electron chi connectivity index (χ3n) is 3.33. The SMILES string of the molecule is O=C(COc1ncnc2c(Cl)cc(Cl)cc12)Nc1ccc(OC(F)(F)F)cc1. The summed E-state index contributed by atoms with van der Waals surface area (Å²) in [6.07, 6.45) is -3.56. The summed E-state index contributed by atoms with van der Waals surface area (Å²) in [4.78, 5) is 20.0. The van der Waals surface area contributed by atoms with Gasteiger partial charge in [-0.05, 0) is 36.4 Å². The Kier molecular flexibility index (Phi) is 5.76. The number of aromatic nitrogens is 2. The predicted molar refractivity (Wildman–Crippen MR) is 96.8 cm³/mol. The molecular formula is C17H10Cl2F3N3O3. The lowest BCUT2D eigenvalue weighted by atomic mass is 10.2. The normalized spacial score (nSPS) is 11.3. The molecule has 0 saturated carbocycles. The highest BCUT2D eigenvalue weighted by atomic mass is 35.5. The van der Waals surface area contributed by atoms with Crippen molar-refractivity contribution in [2.75, 3.05) is 11.9 Å². The molecule has 0 aliphatic heterocycles. The van der Waals surface area contributed by atoms with Gasteiger partial charge in [0.05, 0.1) is 15.9 Å². The molecule has 0 aliphatic rings. The van der Waals surface area contributed by atoms with E-state index in [0.717, 1.165) is 12.1 Å². The van der Waals surface area contributed by atoms with Crippen molar-refractivity contribution in [3.05, 3.63) is 52.8 Å². The van der Waals surface area contributed by atoms with Crippen LogP contribution in [0.15, 0.2) is 42.7 Å². The van der Waals surface area contributed by atoms with E-state index in [9.17, 15) is 18.0 Å². The largest absolute Gasteiger partial charge is 0.573 e. The van der Waals surface area contributed by atoms with Crippen molar-refractivity contribution in [2.45, 2.75) is 6.36 Å². The second-order valence-corrected chi connectivity index (χ2v) is 6.22. The summed E-state index contributed by atoms with van der Waals surface area (Å²) in [6, 6.07) is 7.74. The highest BCUT2D eigenvalue weighted by molar-refractivity contribution is 6.38. The number of rotatable bonds is 5. The minimum absolute atomic E-state index is 0.110. The van der Waals surface area contributed by atoms with E-state index >= 15 is 0 Å². The summed E-state index contributed by atoms with van der Waals surface area (Å²) in [5.41, 5.74) is 0.679. The highest BCUT2D eigenvalue weighted by Gasteiger charge is 2.30. The van der Waals surface area contributed by atoms with Crippen LogP contribution in [0.4, 0.5) is 18.9 Å². The van der Waals surface area contributed by atoms with Crippen molar-refractivity contribution in [3.8, 4) is 11.6 Å². The molecule has 0 saturated heterocycles. The Morgan fingerprint density at radius 3 is 2.50 bits per heavy atom. The first-order chi connectivity index (χ1) is 13.2. The maximum atomic E-state index is 12.1. The molecule has 0 atom stereocenters. The molecular weight excluding hydrogens is 422 g/mol. The van der Waals surface area contributed by atoms with Crippen LogP contribution in [-0.4, -0.2) is 28.8 Å². The van der Waals surface area contributed by atoms with Crippen molar-refractivity contribution >= 4 is 45.7 Å². The maximum absolute atomic E-state index is 12.1. The molecule has 28 heavy (non-hydrogen) atoms. The second kappa shape index (κ2) is 8.07. The number of alkyl halides is 3. The number of hydrogen-bond acceptors (Lipinski definition) is 5. The number of nitrogens with one attached hydrogen (secondary N) is 1. The van der Waals surface area contributed by atoms with E-state index in [1.165, 1.54) is 24.5 Å². The number of amides is 1. The molecule has 0 aliphatic carbocycles. The molecule has 1 N–H and O–H groups in total. The molecule has 0 radical (unpaired) electrons. The lowest BCUT2D eigenvalue weighted by Crippen LogP contribution is -2.20. The molecule has 3 rings (SSSR count). The van der Waals surface area contributed by atoms with Crippen LogP contribution in [0.1, 0.15) is 0 Å². The Morgan fingerprint density at radius 2 is 1.82 bits per heavy atom. The first-order valence-electron chi connectivity index (χ1n) is 7.59. The van der Waals surface area contributed by atoms with Gasteiger partial charge in [-0.1, -0.05) is 23.2 Å². The lowest BCUT2D eigenvalue weighted by Gasteiger charge is -2.11. The number of benzene rings is 2. The van der Waals surface area contributed by atoms with Crippen molar-refractivity contribution in [2.24, 2.45) is 0 Å². The number of halogens is 5. The topological polar surface area (TPSA) is 73.3 Å². The van der Waals surface area contributed by atoms with Gasteiger partial charge in [0.15, 0.2) is 6.61 Å². The molecule has 146 valence electrons. The summed E-state index contributed by atoms with van der Waals surface area (Å²) in [5, 5.41) is 3.56. The van der Waals surface area contributed by atoms with Crippen LogP contribution in [-0.2, 0) is 4.79 Å². The van der Waals surface area contributed by atoms with Crippen molar-refractivity contribution < 1.29 is 27.4 Å². The average Bonchev–Trinajstić information content (AvgIpc) is 2.60. The number of carbonyl (C=O) groups is 1. The number of ether oxygens (including phenoxy) is 2. The zero-order valence-electron chi connectivity index (χ0n) is 13.8. The van der Waals surface area contributed by atoms with E-state index in [1.54, 1.807) is 6.07 Å². The second-order valence-electron chi connectivity index (χ2n) is 5.37. The minimum atomic E-state index is -4.79. The predicted octanol–water partition coefficient (Wildman–Crippen LogP) is 4.85. The Labute approximate surface area is 166 Å². The van der Waals surface area contributed by atoms with Crippen LogP contribution < -0.4 is 14.8 Å². The number of anilines is 1. The fourth-order valence-corrected chi connectivity index (χ4v) is 2.80. The lowest BCUT2D eigenvalue weighted by molar-refractivity contribution is -0.274. The van der Waals surface area contributed by atoms with Crippen molar-refractivity contribution in [1.29, 1.82) is 0 Å². The van der Waals surface area contributed by atoms with Gasteiger partial charge in [0.25, 0.3) is 5.91 Å². The van der Waals surface area contributed by atoms with Gasteiger partial charge >= 0.3 is 6.36 Å². The Morgan fingerprint density at radius 1 is 1.11 bits per heavy atom. The standard InChI is InChI=1S/C17H10Cl2F3N3O3/c18-9-5-12-15(13(19)6-9)23-8-24-16(12)27-7-14(26)25-10-1-3-11(4-2-10)28-17(20,21)22/h1-6,8H,7H2,(H,25,26). The molecule has 1 amide bonds. The molecule has 3 aromatic rings. The van der Waals surface area contributed by atoms with Gasteiger partial charge in [-0.2, -0.15) is 0 Å². The molecule has 2 aromatic carbocycles. The van der Waals surface area contributed by atoms with E-state index < -0.39 is 24.6 Å². The van der Waals surface area contributed by atoms with Gasteiger partial charge in [-0.3, -0.25) is 4.79 Å². The fourth-order valence-electron chi connectivity index (χ4n) is 2.25. The molecule has 0 unspecified atom stereocenters. The molecule has 6 nitrogen and oxygen atoms in total.